The quantitative estimate of drug-likeness (QED) is 0.698. The van der Waals surface area contributed by atoms with E-state index in [2.05, 4.69) is 10.0 Å². The van der Waals surface area contributed by atoms with Crippen molar-refractivity contribution in [3.05, 3.63) is 46.8 Å². The fourth-order valence-electron chi connectivity index (χ4n) is 2.33. The highest BCUT2D eigenvalue weighted by molar-refractivity contribution is 7.91. The van der Waals surface area contributed by atoms with Gasteiger partial charge in [0.25, 0.3) is 0 Å². The Balaban J connectivity index is 1.81. The zero-order valence-electron chi connectivity index (χ0n) is 15.5. The second kappa shape index (κ2) is 9.12. The zero-order chi connectivity index (χ0) is 20.0. The Labute approximate surface area is 163 Å². The average Bonchev–Trinajstić information content (AvgIpc) is 3.13. The van der Waals surface area contributed by atoms with Crippen LogP contribution in [0.2, 0.25) is 0 Å². The van der Waals surface area contributed by atoms with Crippen molar-refractivity contribution in [1.29, 1.82) is 0 Å². The number of nitrogens with one attached hydrogen (secondary N) is 2. The fraction of sp³-hybridized carbons (Fsp3) is 0.333. The van der Waals surface area contributed by atoms with E-state index in [9.17, 15) is 18.0 Å². The third-order valence-corrected chi connectivity index (χ3v) is 6.72. The van der Waals surface area contributed by atoms with Crippen molar-refractivity contribution < 1.29 is 18.0 Å². The van der Waals surface area contributed by atoms with Crippen LogP contribution in [0.3, 0.4) is 0 Å². The number of aryl methyl sites for hydroxylation is 2. The smallest absolute Gasteiger partial charge is 0.250 e. The maximum atomic E-state index is 12.2. The minimum absolute atomic E-state index is 0.0258. The molecule has 0 radical (unpaired) electrons. The molecule has 0 spiro atoms. The van der Waals surface area contributed by atoms with Gasteiger partial charge in [-0.25, -0.2) is 13.1 Å². The van der Waals surface area contributed by atoms with Crippen molar-refractivity contribution in [2.45, 2.75) is 24.5 Å². The van der Waals surface area contributed by atoms with E-state index in [1.807, 2.05) is 32.0 Å². The number of rotatable bonds is 8. The normalized spacial score (nSPS) is 11.2. The maximum absolute atomic E-state index is 12.2. The van der Waals surface area contributed by atoms with Crippen molar-refractivity contribution in [3.63, 3.8) is 0 Å². The molecule has 0 fully saturated rings. The van der Waals surface area contributed by atoms with Crippen molar-refractivity contribution in [2.24, 2.45) is 0 Å². The monoisotopic (exact) mass is 409 g/mol. The lowest BCUT2D eigenvalue weighted by Crippen LogP contribution is -2.37. The number of carbonyl (C=O) groups excluding carboxylic acids is 2. The summed E-state index contributed by atoms with van der Waals surface area (Å²) in [5.74, 6) is -0.626. The number of carbonyl (C=O) groups is 2. The van der Waals surface area contributed by atoms with Crippen LogP contribution in [-0.2, 0) is 19.6 Å². The number of sulfonamides is 1. The molecular formula is C18H23N3O4S2. The summed E-state index contributed by atoms with van der Waals surface area (Å²) >= 11 is 1.11. The highest BCUT2D eigenvalue weighted by Gasteiger charge is 2.17. The van der Waals surface area contributed by atoms with Gasteiger partial charge in [0.05, 0.1) is 6.54 Å². The summed E-state index contributed by atoms with van der Waals surface area (Å²) < 4.78 is 26.6. The first-order chi connectivity index (χ1) is 12.7. The van der Waals surface area contributed by atoms with Crippen LogP contribution in [0.1, 0.15) is 17.5 Å². The van der Waals surface area contributed by atoms with Crippen LogP contribution in [-0.4, -0.2) is 45.3 Å². The van der Waals surface area contributed by atoms with E-state index in [4.69, 9.17) is 0 Å². The van der Waals surface area contributed by atoms with Gasteiger partial charge in [-0.1, -0.05) is 18.2 Å². The van der Waals surface area contributed by atoms with E-state index in [0.29, 0.717) is 5.69 Å². The third kappa shape index (κ3) is 6.16. The van der Waals surface area contributed by atoms with Crippen LogP contribution in [0.4, 0.5) is 5.69 Å². The molecule has 0 saturated carbocycles. The van der Waals surface area contributed by atoms with E-state index >= 15 is 0 Å². The van der Waals surface area contributed by atoms with E-state index < -0.39 is 10.0 Å². The molecule has 0 saturated heterocycles. The summed E-state index contributed by atoms with van der Waals surface area (Å²) in [6.07, 6.45) is -0.0299. The number of likely N-dealkylation sites (N-methyl/N-ethyl adjacent to an activating group) is 1. The molecule has 2 amide bonds. The molecular weight excluding hydrogens is 386 g/mol. The molecule has 1 heterocycles. The van der Waals surface area contributed by atoms with Crippen LogP contribution in [0, 0.1) is 13.8 Å². The molecule has 7 nitrogen and oxygen atoms in total. The Morgan fingerprint density at radius 2 is 1.93 bits per heavy atom. The van der Waals surface area contributed by atoms with Gasteiger partial charge in [-0.05, 0) is 42.5 Å². The first-order valence-corrected chi connectivity index (χ1v) is 10.7. The number of amides is 2. The third-order valence-electron chi connectivity index (χ3n) is 3.86. The Morgan fingerprint density at radius 3 is 2.59 bits per heavy atom. The standard InChI is InChI=1S/C18H23N3O4S2/c1-13-6-7-14(2)15(11-13)20-16(22)12-21(3)17(23)8-9-19-27(24,25)18-5-4-10-26-18/h4-7,10-11,19H,8-9,12H2,1-3H3,(H,20,22). The van der Waals surface area contributed by atoms with Gasteiger partial charge in [0.1, 0.15) is 4.21 Å². The van der Waals surface area contributed by atoms with Gasteiger partial charge < -0.3 is 10.2 Å². The molecule has 0 atom stereocenters. The second-order valence-corrected chi connectivity index (χ2v) is 9.14. The van der Waals surface area contributed by atoms with Crippen molar-refractivity contribution in [2.75, 3.05) is 25.5 Å². The van der Waals surface area contributed by atoms with Gasteiger partial charge in [-0.15, -0.1) is 11.3 Å². The Kier molecular flexibility index (Phi) is 7.11. The van der Waals surface area contributed by atoms with E-state index in [1.54, 1.807) is 11.4 Å². The molecule has 0 aliphatic rings. The predicted octanol–water partition coefficient (Wildman–Crippen LogP) is 2.13. The predicted molar refractivity (Wildman–Crippen MR) is 106 cm³/mol. The number of thiophene rings is 1. The molecule has 9 heteroatoms. The van der Waals surface area contributed by atoms with Crippen LogP contribution in [0.5, 0.6) is 0 Å². The fourth-order valence-corrected chi connectivity index (χ4v) is 4.40. The zero-order valence-corrected chi connectivity index (χ0v) is 17.1. The van der Waals surface area contributed by atoms with E-state index in [-0.39, 0.29) is 35.5 Å². The van der Waals surface area contributed by atoms with Crippen molar-refractivity contribution in [1.82, 2.24) is 9.62 Å². The minimum atomic E-state index is -3.59. The Morgan fingerprint density at radius 1 is 1.19 bits per heavy atom. The van der Waals surface area contributed by atoms with Gasteiger partial charge in [0, 0.05) is 25.7 Å². The molecule has 0 aliphatic carbocycles. The lowest BCUT2D eigenvalue weighted by Gasteiger charge is -2.17. The van der Waals surface area contributed by atoms with Gasteiger partial charge in [-0.3, -0.25) is 9.59 Å². The largest absolute Gasteiger partial charge is 0.336 e. The summed E-state index contributed by atoms with van der Waals surface area (Å²) in [5, 5.41) is 4.46. The van der Waals surface area contributed by atoms with Crippen LogP contribution < -0.4 is 10.0 Å². The van der Waals surface area contributed by atoms with Crippen molar-refractivity contribution >= 4 is 38.9 Å². The first kappa shape index (κ1) is 21.1. The van der Waals surface area contributed by atoms with Gasteiger partial charge >= 0.3 is 0 Å². The number of anilines is 1. The molecule has 2 aromatic rings. The molecule has 1 aromatic heterocycles. The van der Waals surface area contributed by atoms with Gasteiger partial charge in [0.2, 0.25) is 21.8 Å². The number of hydrogen-bond acceptors (Lipinski definition) is 5. The highest BCUT2D eigenvalue weighted by Crippen LogP contribution is 2.16. The summed E-state index contributed by atoms with van der Waals surface area (Å²) in [6, 6.07) is 8.89. The summed E-state index contributed by atoms with van der Waals surface area (Å²) in [5.41, 5.74) is 2.67. The van der Waals surface area contributed by atoms with E-state index in [0.717, 1.165) is 22.5 Å². The average molecular weight is 410 g/mol. The molecule has 2 N–H and O–H groups in total. The van der Waals surface area contributed by atoms with Crippen LogP contribution >= 0.6 is 11.3 Å². The summed E-state index contributed by atoms with van der Waals surface area (Å²) in [7, 11) is -2.08. The summed E-state index contributed by atoms with van der Waals surface area (Å²) in [6.45, 7) is 3.69. The SMILES string of the molecule is Cc1ccc(C)c(NC(=O)CN(C)C(=O)CCNS(=O)(=O)c2cccs2)c1. The highest BCUT2D eigenvalue weighted by atomic mass is 32.2. The molecule has 2 rings (SSSR count). The topological polar surface area (TPSA) is 95.6 Å². The number of benzene rings is 1. The van der Waals surface area contributed by atoms with E-state index in [1.165, 1.54) is 18.0 Å². The summed E-state index contributed by atoms with van der Waals surface area (Å²) in [4.78, 5) is 25.6. The van der Waals surface area contributed by atoms with Crippen LogP contribution in [0.15, 0.2) is 39.9 Å². The Hall–Kier alpha value is -2.23. The van der Waals surface area contributed by atoms with Gasteiger partial charge in [-0.2, -0.15) is 0 Å². The van der Waals surface area contributed by atoms with Crippen molar-refractivity contribution in [3.8, 4) is 0 Å². The molecule has 27 heavy (non-hydrogen) atoms. The molecule has 1 aromatic carbocycles. The second-order valence-electron chi connectivity index (χ2n) is 6.20. The van der Waals surface area contributed by atoms with Crippen LogP contribution in [0.25, 0.3) is 0 Å². The minimum Gasteiger partial charge on any atom is -0.336 e. The first-order valence-electron chi connectivity index (χ1n) is 8.33. The number of hydrogen-bond donors (Lipinski definition) is 2. The Bertz CT molecular complexity index is 909. The molecule has 146 valence electrons. The molecule has 0 aliphatic heterocycles. The lowest BCUT2D eigenvalue weighted by atomic mass is 10.1. The lowest BCUT2D eigenvalue weighted by molar-refractivity contribution is -0.133. The molecule has 0 unspecified atom stereocenters. The maximum Gasteiger partial charge on any atom is 0.250 e. The molecule has 0 bridgehead atoms. The van der Waals surface area contributed by atoms with Gasteiger partial charge in [0.15, 0.2) is 0 Å². The number of nitrogens with zero attached hydrogens (tertiary/aromatic N) is 1.